The second-order valence-electron chi connectivity index (χ2n) is 8.53. The van der Waals surface area contributed by atoms with Gasteiger partial charge in [-0.25, -0.2) is 19.9 Å². The van der Waals surface area contributed by atoms with E-state index >= 15 is 0 Å². The highest BCUT2D eigenvalue weighted by molar-refractivity contribution is 5.76. The van der Waals surface area contributed by atoms with Crippen LogP contribution in [0.25, 0.3) is 22.2 Å². The van der Waals surface area contributed by atoms with Crippen LogP contribution in [0, 0.1) is 6.92 Å². The topological polar surface area (TPSA) is 88.8 Å². The van der Waals surface area contributed by atoms with Gasteiger partial charge >= 0.3 is 0 Å². The van der Waals surface area contributed by atoms with E-state index in [9.17, 15) is 4.79 Å². The second kappa shape index (κ2) is 8.61. The van der Waals surface area contributed by atoms with Gasteiger partial charge in [-0.15, -0.1) is 0 Å². The highest BCUT2D eigenvalue weighted by Gasteiger charge is 2.29. The number of hydrogen-bond acceptors (Lipinski definition) is 6. The molecule has 1 aliphatic heterocycles. The van der Waals surface area contributed by atoms with E-state index in [4.69, 9.17) is 9.97 Å². The van der Waals surface area contributed by atoms with Crippen molar-refractivity contribution in [3.8, 4) is 11.1 Å². The van der Waals surface area contributed by atoms with Crippen LogP contribution in [-0.4, -0.2) is 48.4 Å². The molecule has 0 bridgehead atoms. The Morgan fingerprint density at radius 1 is 1.18 bits per heavy atom. The van der Waals surface area contributed by atoms with Crippen LogP contribution in [0.2, 0.25) is 0 Å². The third kappa shape index (κ3) is 4.16. The molecule has 0 saturated carbocycles. The third-order valence-corrected chi connectivity index (χ3v) is 6.34. The maximum atomic E-state index is 11.8. The number of imidazole rings is 1. The molecule has 33 heavy (non-hydrogen) atoms. The van der Waals surface area contributed by atoms with Gasteiger partial charge in [0.05, 0.1) is 23.3 Å². The van der Waals surface area contributed by atoms with Crippen molar-refractivity contribution in [2.24, 2.45) is 7.05 Å². The van der Waals surface area contributed by atoms with Crippen LogP contribution < -0.4 is 5.32 Å². The number of rotatable bonds is 5. The molecule has 1 N–H and O–H groups in total. The SMILES string of the molecule is CC(=O)N1CC[C@H](c2nc(C)ncc2-c2ccnc(NCc3nc4ccccc4n3C)c2)C1. The van der Waals surface area contributed by atoms with Crippen LogP contribution in [-0.2, 0) is 18.4 Å². The highest BCUT2D eigenvalue weighted by atomic mass is 16.2. The van der Waals surface area contributed by atoms with Crippen molar-refractivity contribution >= 4 is 22.8 Å². The van der Waals surface area contributed by atoms with E-state index < -0.39 is 0 Å². The number of para-hydroxylation sites is 2. The summed E-state index contributed by atoms with van der Waals surface area (Å²) in [7, 11) is 2.03. The van der Waals surface area contributed by atoms with Crippen LogP contribution in [0.1, 0.15) is 36.6 Å². The Morgan fingerprint density at radius 2 is 2.03 bits per heavy atom. The average Bonchev–Trinajstić information content (AvgIpc) is 3.44. The number of nitrogens with zero attached hydrogens (tertiary/aromatic N) is 6. The fourth-order valence-electron chi connectivity index (χ4n) is 4.51. The number of likely N-dealkylation sites (tertiary alicyclic amines) is 1. The van der Waals surface area contributed by atoms with E-state index in [0.717, 1.165) is 58.3 Å². The number of carbonyl (C=O) groups is 1. The van der Waals surface area contributed by atoms with Crippen LogP contribution >= 0.6 is 0 Å². The lowest BCUT2D eigenvalue weighted by atomic mass is 9.96. The molecule has 5 rings (SSSR count). The van der Waals surface area contributed by atoms with Gasteiger partial charge in [0.25, 0.3) is 0 Å². The molecule has 0 spiro atoms. The van der Waals surface area contributed by atoms with Gasteiger partial charge in [0.15, 0.2) is 0 Å². The summed E-state index contributed by atoms with van der Waals surface area (Å²) in [6, 6.07) is 12.1. The van der Waals surface area contributed by atoms with E-state index in [1.54, 1.807) is 13.1 Å². The Balaban J connectivity index is 1.40. The van der Waals surface area contributed by atoms with Crippen LogP contribution in [0.5, 0.6) is 0 Å². The van der Waals surface area contributed by atoms with Gasteiger partial charge in [0.1, 0.15) is 17.5 Å². The van der Waals surface area contributed by atoms with Crippen molar-refractivity contribution in [3.63, 3.8) is 0 Å². The highest BCUT2D eigenvalue weighted by Crippen LogP contribution is 2.33. The minimum atomic E-state index is 0.113. The van der Waals surface area contributed by atoms with Gasteiger partial charge in [-0.1, -0.05) is 12.1 Å². The summed E-state index contributed by atoms with van der Waals surface area (Å²) in [4.78, 5) is 32.2. The molecule has 4 aromatic rings. The largest absolute Gasteiger partial charge is 0.363 e. The molecule has 0 radical (unpaired) electrons. The zero-order valence-corrected chi connectivity index (χ0v) is 19.1. The number of pyridine rings is 1. The average molecular weight is 442 g/mol. The van der Waals surface area contributed by atoms with Gasteiger partial charge < -0.3 is 14.8 Å². The fraction of sp³-hybridized carbons (Fsp3) is 0.320. The lowest BCUT2D eigenvalue weighted by Crippen LogP contribution is -2.25. The first-order valence-electron chi connectivity index (χ1n) is 11.2. The summed E-state index contributed by atoms with van der Waals surface area (Å²) in [6.07, 6.45) is 4.59. The molecule has 8 nitrogen and oxygen atoms in total. The Morgan fingerprint density at radius 3 is 2.82 bits per heavy atom. The lowest BCUT2D eigenvalue weighted by Gasteiger charge is -2.17. The molecular weight excluding hydrogens is 414 g/mol. The number of aromatic nitrogens is 5. The summed E-state index contributed by atoms with van der Waals surface area (Å²) < 4.78 is 2.10. The Labute approximate surface area is 192 Å². The fourth-order valence-corrected chi connectivity index (χ4v) is 4.51. The molecular formula is C25H27N7O. The number of carbonyl (C=O) groups excluding carboxylic acids is 1. The summed E-state index contributed by atoms with van der Waals surface area (Å²) >= 11 is 0. The quantitative estimate of drug-likeness (QED) is 0.508. The van der Waals surface area contributed by atoms with E-state index in [1.807, 2.05) is 55.4 Å². The van der Waals surface area contributed by atoms with Crippen molar-refractivity contribution < 1.29 is 4.79 Å². The van der Waals surface area contributed by atoms with Crippen molar-refractivity contribution in [1.82, 2.24) is 29.4 Å². The van der Waals surface area contributed by atoms with E-state index in [-0.39, 0.29) is 11.8 Å². The minimum Gasteiger partial charge on any atom is -0.363 e. The molecule has 8 heteroatoms. The zero-order chi connectivity index (χ0) is 22.9. The predicted octanol–water partition coefficient (Wildman–Crippen LogP) is 3.68. The molecule has 3 aromatic heterocycles. The van der Waals surface area contributed by atoms with E-state index in [2.05, 4.69) is 25.9 Å². The number of nitrogens with one attached hydrogen (secondary N) is 1. The van der Waals surface area contributed by atoms with Gasteiger partial charge in [0, 0.05) is 50.9 Å². The number of fused-ring (bicyclic) bond motifs is 1. The Bertz CT molecular complexity index is 1330. The molecule has 1 saturated heterocycles. The lowest BCUT2D eigenvalue weighted by molar-refractivity contribution is -0.127. The first-order valence-corrected chi connectivity index (χ1v) is 11.2. The summed E-state index contributed by atoms with van der Waals surface area (Å²) in [5, 5.41) is 3.41. The third-order valence-electron chi connectivity index (χ3n) is 6.34. The normalized spacial score (nSPS) is 15.8. The summed E-state index contributed by atoms with van der Waals surface area (Å²) in [6.45, 7) is 5.56. The van der Waals surface area contributed by atoms with E-state index in [1.165, 1.54) is 0 Å². The first-order chi connectivity index (χ1) is 16.0. The van der Waals surface area contributed by atoms with Gasteiger partial charge in [-0.2, -0.15) is 0 Å². The number of hydrogen-bond donors (Lipinski definition) is 1. The number of benzene rings is 1. The van der Waals surface area contributed by atoms with E-state index in [0.29, 0.717) is 13.1 Å². The Kier molecular flexibility index (Phi) is 5.50. The first kappa shape index (κ1) is 21.1. The van der Waals surface area contributed by atoms with Crippen molar-refractivity contribution in [3.05, 3.63) is 66.1 Å². The number of amides is 1. The number of aryl methyl sites for hydroxylation is 2. The van der Waals surface area contributed by atoms with Crippen LogP contribution in [0.4, 0.5) is 5.82 Å². The van der Waals surface area contributed by atoms with Crippen LogP contribution in [0.3, 0.4) is 0 Å². The van der Waals surface area contributed by atoms with Crippen molar-refractivity contribution in [2.45, 2.75) is 32.7 Å². The van der Waals surface area contributed by atoms with Gasteiger partial charge in [0.2, 0.25) is 5.91 Å². The predicted molar refractivity (Wildman–Crippen MR) is 128 cm³/mol. The van der Waals surface area contributed by atoms with Crippen LogP contribution in [0.15, 0.2) is 48.8 Å². The molecule has 1 aliphatic rings. The van der Waals surface area contributed by atoms with Crippen molar-refractivity contribution in [1.29, 1.82) is 0 Å². The minimum absolute atomic E-state index is 0.113. The Hall–Kier alpha value is -3.81. The smallest absolute Gasteiger partial charge is 0.219 e. The molecule has 1 aromatic carbocycles. The molecule has 0 aliphatic carbocycles. The standard InChI is InChI=1S/C25H27N7O/c1-16-27-13-20(25(29-16)19-9-11-32(15-19)17(2)33)18-8-10-26-23(12-18)28-14-24-30-21-6-4-5-7-22(21)31(24)3/h4-8,10,12-13,19H,9,11,14-15H2,1-3H3,(H,26,28)/t19-/m0/s1. The molecule has 4 heterocycles. The summed E-state index contributed by atoms with van der Waals surface area (Å²) in [5.41, 5.74) is 5.08. The second-order valence-corrected chi connectivity index (χ2v) is 8.53. The maximum Gasteiger partial charge on any atom is 0.219 e. The van der Waals surface area contributed by atoms with Gasteiger partial charge in [-0.05, 0) is 43.2 Å². The van der Waals surface area contributed by atoms with Crippen molar-refractivity contribution in [2.75, 3.05) is 18.4 Å². The monoisotopic (exact) mass is 441 g/mol. The molecule has 168 valence electrons. The molecule has 1 atom stereocenters. The zero-order valence-electron chi connectivity index (χ0n) is 19.1. The maximum absolute atomic E-state index is 11.8. The van der Waals surface area contributed by atoms with Gasteiger partial charge in [-0.3, -0.25) is 4.79 Å². The molecule has 1 fully saturated rings. The molecule has 1 amide bonds. The number of anilines is 1. The summed E-state index contributed by atoms with van der Waals surface area (Å²) in [5.74, 6) is 2.77. The molecule has 0 unspecified atom stereocenters.